The van der Waals surface area contributed by atoms with E-state index in [2.05, 4.69) is 26.5 Å². The first-order valence-corrected chi connectivity index (χ1v) is 8.35. The molecule has 2 N–H and O–H groups in total. The smallest absolute Gasteiger partial charge is 0.311 e. The Morgan fingerprint density at radius 3 is 2.64 bits per heavy atom. The van der Waals surface area contributed by atoms with Gasteiger partial charge in [-0.25, -0.2) is 5.43 Å². The number of nitro groups is 2. The molecule has 2 aromatic rings. The number of nitrogens with zero attached hydrogens (tertiary/aromatic N) is 3. The Morgan fingerprint density at radius 2 is 2.00 bits per heavy atom. The van der Waals surface area contributed by atoms with E-state index in [0.717, 1.165) is 18.3 Å². The van der Waals surface area contributed by atoms with Crippen LogP contribution >= 0.6 is 15.9 Å². The fourth-order valence-corrected chi connectivity index (χ4v) is 2.51. The van der Waals surface area contributed by atoms with Crippen molar-refractivity contribution in [3.05, 3.63) is 66.2 Å². The average molecular weight is 453 g/mol. The number of amides is 1. The van der Waals surface area contributed by atoms with Crippen LogP contribution in [0.5, 0.6) is 11.5 Å². The van der Waals surface area contributed by atoms with Crippen molar-refractivity contribution >= 4 is 39.4 Å². The van der Waals surface area contributed by atoms with Crippen LogP contribution in [0.25, 0.3) is 0 Å². The van der Waals surface area contributed by atoms with Crippen molar-refractivity contribution in [2.75, 3.05) is 6.61 Å². The SMILES string of the molecule is Cc1ccc(OCC(=O)N/N=C\c2cc([N+](=O)[O-])cc(Br)c2O)c([N+](=O)[O-])c1. The molecule has 28 heavy (non-hydrogen) atoms. The Kier molecular flexibility index (Phi) is 6.60. The van der Waals surface area contributed by atoms with Gasteiger partial charge in [-0.05, 0) is 34.5 Å². The molecular formula is C16H13BrN4O7. The first kappa shape index (κ1) is 20.8. The van der Waals surface area contributed by atoms with E-state index in [1.807, 2.05) is 0 Å². The summed E-state index contributed by atoms with van der Waals surface area (Å²) in [5.41, 5.74) is 2.20. The summed E-state index contributed by atoms with van der Waals surface area (Å²) in [6.45, 7) is 1.13. The lowest BCUT2D eigenvalue weighted by molar-refractivity contribution is -0.385. The number of nitrogens with one attached hydrogen (secondary N) is 1. The second-order valence-corrected chi connectivity index (χ2v) is 6.29. The largest absolute Gasteiger partial charge is 0.506 e. The minimum absolute atomic E-state index is 0.00327. The maximum Gasteiger partial charge on any atom is 0.311 e. The van der Waals surface area contributed by atoms with Gasteiger partial charge in [0.15, 0.2) is 12.4 Å². The third-order valence-corrected chi connectivity index (χ3v) is 3.96. The zero-order chi connectivity index (χ0) is 20.8. The Labute approximate surface area is 166 Å². The maximum atomic E-state index is 11.8. The summed E-state index contributed by atoms with van der Waals surface area (Å²) in [6, 6.07) is 6.48. The van der Waals surface area contributed by atoms with E-state index in [0.29, 0.717) is 5.56 Å². The predicted octanol–water partition coefficient (Wildman–Crippen LogP) is 2.81. The second-order valence-electron chi connectivity index (χ2n) is 5.43. The molecule has 0 aliphatic carbocycles. The number of aryl methyl sites for hydroxylation is 1. The first-order chi connectivity index (χ1) is 13.2. The predicted molar refractivity (Wildman–Crippen MR) is 102 cm³/mol. The van der Waals surface area contributed by atoms with E-state index < -0.39 is 22.4 Å². The number of halogens is 1. The van der Waals surface area contributed by atoms with Crippen molar-refractivity contribution in [2.24, 2.45) is 5.10 Å². The molecular weight excluding hydrogens is 440 g/mol. The zero-order valence-electron chi connectivity index (χ0n) is 14.3. The molecule has 11 nitrogen and oxygen atoms in total. The minimum atomic E-state index is -0.727. The Bertz CT molecular complexity index is 978. The van der Waals surface area contributed by atoms with Crippen LogP contribution in [-0.2, 0) is 4.79 Å². The molecule has 0 fully saturated rings. The van der Waals surface area contributed by atoms with E-state index in [9.17, 15) is 30.1 Å². The molecule has 0 saturated heterocycles. The minimum Gasteiger partial charge on any atom is -0.506 e. The molecule has 0 saturated carbocycles. The molecule has 12 heteroatoms. The number of phenols is 1. The molecule has 2 rings (SSSR count). The number of nitro benzene ring substituents is 2. The Hall–Kier alpha value is -3.54. The van der Waals surface area contributed by atoms with Gasteiger partial charge in [-0.2, -0.15) is 5.10 Å². The number of hydrogen-bond donors (Lipinski definition) is 2. The summed E-state index contributed by atoms with van der Waals surface area (Å²) in [5.74, 6) is -1.10. The number of carbonyl (C=O) groups excluding carboxylic acids is 1. The fourth-order valence-electron chi connectivity index (χ4n) is 2.05. The molecule has 0 spiro atoms. The number of phenolic OH excluding ortho intramolecular Hbond substituents is 1. The number of rotatable bonds is 7. The molecule has 0 radical (unpaired) electrons. The van der Waals surface area contributed by atoms with E-state index >= 15 is 0 Å². The molecule has 0 atom stereocenters. The normalized spacial score (nSPS) is 10.6. The fraction of sp³-hybridized carbons (Fsp3) is 0.125. The van der Waals surface area contributed by atoms with Gasteiger partial charge in [-0.1, -0.05) is 6.07 Å². The van der Waals surface area contributed by atoms with Crippen LogP contribution in [0.1, 0.15) is 11.1 Å². The number of aromatic hydroxyl groups is 1. The summed E-state index contributed by atoms with van der Waals surface area (Å²) >= 11 is 2.98. The maximum absolute atomic E-state index is 11.8. The van der Waals surface area contributed by atoms with E-state index in [4.69, 9.17) is 4.74 Å². The highest BCUT2D eigenvalue weighted by atomic mass is 79.9. The van der Waals surface area contributed by atoms with Gasteiger partial charge in [0.1, 0.15) is 5.75 Å². The average Bonchev–Trinajstić information content (AvgIpc) is 2.63. The van der Waals surface area contributed by atoms with Crippen LogP contribution in [0.15, 0.2) is 39.9 Å². The van der Waals surface area contributed by atoms with Crippen LogP contribution in [0.4, 0.5) is 11.4 Å². The van der Waals surface area contributed by atoms with Gasteiger partial charge in [0.2, 0.25) is 0 Å². The van der Waals surface area contributed by atoms with Crippen LogP contribution in [0, 0.1) is 27.2 Å². The molecule has 0 unspecified atom stereocenters. The summed E-state index contributed by atoms with van der Waals surface area (Å²) in [4.78, 5) is 32.4. The lowest BCUT2D eigenvalue weighted by atomic mass is 10.2. The van der Waals surface area contributed by atoms with Crippen molar-refractivity contribution in [1.82, 2.24) is 5.43 Å². The Morgan fingerprint density at radius 1 is 1.29 bits per heavy atom. The molecule has 0 bridgehead atoms. The zero-order valence-corrected chi connectivity index (χ0v) is 15.9. The van der Waals surface area contributed by atoms with E-state index in [1.54, 1.807) is 13.0 Å². The standard InChI is InChI=1S/C16H13BrN4O7/c1-9-2-3-14(13(4-9)21(26)27)28-8-15(22)19-18-7-10-5-11(20(24)25)6-12(17)16(10)23/h2-7,23H,8H2,1H3,(H,19,22)/b18-7-. The molecule has 2 aromatic carbocycles. The first-order valence-electron chi connectivity index (χ1n) is 7.55. The summed E-state index contributed by atoms with van der Waals surface area (Å²) < 4.78 is 5.23. The number of benzene rings is 2. The van der Waals surface area contributed by atoms with Gasteiger partial charge >= 0.3 is 5.69 Å². The van der Waals surface area contributed by atoms with Crippen LogP contribution < -0.4 is 10.2 Å². The van der Waals surface area contributed by atoms with Gasteiger partial charge in [-0.15, -0.1) is 0 Å². The van der Waals surface area contributed by atoms with Crippen molar-refractivity contribution < 1.29 is 24.5 Å². The van der Waals surface area contributed by atoms with Gasteiger partial charge in [0.25, 0.3) is 11.6 Å². The topological polar surface area (TPSA) is 157 Å². The third kappa shape index (κ3) is 5.23. The van der Waals surface area contributed by atoms with Crippen LogP contribution in [0.2, 0.25) is 0 Å². The van der Waals surface area contributed by atoms with Crippen molar-refractivity contribution in [3.63, 3.8) is 0 Å². The van der Waals surface area contributed by atoms with Gasteiger partial charge in [0.05, 0.1) is 20.5 Å². The van der Waals surface area contributed by atoms with E-state index in [1.165, 1.54) is 12.1 Å². The summed E-state index contributed by atoms with van der Waals surface area (Å²) in [7, 11) is 0. The highest BCUT2D eigenvalue weighted by Gasteiger charge is 2.16. The molecule has 0 heterocycles. The number of carbonyl (C=O) groups is 1. The lowest BCUT2D eigenvalue weighted by Crippen LogP contribution is -2.24. The summed E-state index contributed by atoms with van der Waals surface area (Å²) in [5, 5.41) is 35.3. The quantitative estimate of drug-likeness (QED) is 0.371. The van der Waals surface area contributed by atoms with Gasteiger partial charge in [-0.3, -0.25) is 25.0 Å². The Balaban J connectivity index is 2.02. The monoisotopic (exact) mass is 452 g/mol. The molecule has 0 aliphatic heterocycles. The molecule has 0 aliphatic rings. The molecule has 1 amide bonds. The highest BCUT2D eigenvalue weighted by Crippen LogP contribution is 2.31. The van der Waals surface area contributed by atoms with Crippen molar-refractivity contribution in [1.29, 1.82) is 0 Å². The number of hydrogen-bond acceptors (Lipinski definition) is 8. The molecule has 0 aromatic heterocycles. The van der Waals surface area contributed by atoms with Crippen molar-refractivity contribution in [3.8, 4) is 11.5 Å². The van der Waals surface area contributed by atoms with Gasteiger partial charge < -0.3 is 9.84 Å². The lowest BCUT2D eigenvalue weighted by Gasteiger charge is -2.06. The third-order valence-electron chi connectivity index (χ3n) is 3.35. The van der Waals surface area contributed by atoms with Crippen LogP contribution in [0.3, 0.4) is 0 Å². The van der Waals surface area contributed by atoms with E-state index in [-0.39, 0.29) is 32.9 Å². The number of ether oxygens (including phenoxy) is 1. The summed E-state index contributed by atoms with van der Waals surface area (Å²) in [6.07, 6.45) is 1.01. The molecule has 146 valence electrons. The highest BCUT2D eigenvalue weighted by molar-refractivity contribution is 9.10. The van der Waals surface area contributed by atoms with Crippen molar-refractivity contribution in [2.45, 2.75) is 6.92 Å². The number of hydrazone groups is 1. The van der Waals surface area contributed by atoms with Crippen LogP contribution in [-0.4, -0.2) is 33.7 Å². The number of non-ortho nitro benzene ring substituents is 1. The van der Waals surface area contributed by atoms with Gasteiger partial charge in [0, 0.05) is 23.8 Å². The second kappa shape index (κ2) is 8.90.